The fourth-order valence-electron chi connectivity index (χ4n) is 3.45. The lowest BCUT2D eigenvalue weighted by atomic mass is 10.1. The summed E-state index contributed by atoms with van der Waals surface area (Å²) in [6.45, 7) is 7.07. The van der Waals surface area contributed by atoms with Crippen LogP contribution in [0.15, 0.2) is 41.3 Å². The van der Waals surface area contributed by atoms with E-state index in [2.05, 4.69) is 10.0 Å². The molecular formula is C21H27N3O3S. The first-order valence-electron chi connectivity index (χ1n) is 9.67. The van der Waals surface area contributed by atoms with E-state index in [-0.39, 0.29) is 10.9 Å². The van der Waals surface area contributed by atoms with Gasteiger partial charge in [-0.15, -0.1) is 0 Å². The number of nitrogens with zero attached hydrogens (tertiary/aromatic N) is 1. The highest BCUT2D eigenvalue weighted by Gasteiger charge is 2.27. The summed E-state index contributed by atoms with van der Waals surface area (Å²) in [5.74, 6) is 0. The number of sulfonamides is 1. The average Bonchev–Trinajstić information content (AvgIpc) is 3.11. The number of benzene rings is 2. The summed E-state index contributed by atoms with van der Waals surface area (Å²) < 4.78 is 28.7. The normalized spacial score (nSPS) is 13.3. The van der Waals surface area contributed by atoms with Crippen LogP contribution in [0.3, 0.4) is 0 Å². The minimum absolute atomic E-state index is 0.137. The molecule has 0 saturated heterocycles. The third-order valence-electron chi connectivity index (χ3n) is 5.00. The Kier molecular flexibility index (Phi) is 5.93. The lowest BCUT2D eigenvalue weighted by Gasteiger charge is -2.18. The Bertz CT molecular complexity index is 986. The van der Waals surface area contributed by atoms with Gasteiger partial charge in [0.15, 0.2) is 0 Å². The first-order valence-corrected chi connectivity index (χ1v) is 11.1. The highest BCUT2D eigenvalue weighted by atomic mass is 32.2. The summed E-state index contributed by atoms with van der Waals surface area (Å²) >= 11 is 0. The fraction of sp³-hybridized carbons (Fsp3) is 0.381. The van der Waals surface area contributed by atoms with E-state index in [1.807, 2.05) is 39.0 Å². The molecule has 2 aromatic carbocycles. The molecule has 2 amide bonds. The minimum atomic E-state index is -3.71. The highest BCUT2D eigenvalue weighted by Crippen LogP contribution is 2.31. The van der Waals surface area contributed by atoms with Gasteiger partial charge in [0.25, 0.3) is 10.0 Å². The van der Waals surface area contributed by atoms with E-state index in [4.69, 9.17) is 0 Å². The predicted molar refractivity (Wildman–Crippen MR) is 113 cm³/mol. The summed E-state index contributed by atoms with van der Waals surface area (Å²) in [5.41, 5.74) is 4.14. The zero-order valence-electron chi connectivity index (χ0n) is 16.6. The number of hydrogen-bond acceptors (Lipinski definition) is 3. The standard InChI is InChI=1S/C21H27N3O3S/c1-4-12-22-21(25)24-13-11-17-14-18(9-10-19(17)24)28(26,27)23-20-15(3)7-6-8-16(20)5-2/h6-10,14,23H,4-5,11-13H2,1-3H3,(H,22,25). The van der Waals surface area contributed by atoms with Crippen molar-refractivity contribution in [2.75, 3.05) is 22.7 Å². The van der Waals surface area contributed by atoms with E-state index >= 15 is 0 Å². The van der Waals surface area contributed by atoms with E-state index in [1.54, 1.807) is 23.1 Å². The fourth-order valence-corrected chi connectivity index (χ4v) is 4.67. The Morgan fingerprint density at radius 1 is 1.18 bits per heavy atom. The molecule has 2 N–H and O–H groups in total. The van der Waals surface area contributed by atoms with E-state index in [0.717, 1.165) is 35.2 Å². The molecule has 1 heterocycles. The number of amides is 2. The van der Waals surface area contributed by atoms with Gasteiger partial charge in [-0.25, -0.2) is 13.2 Å². The first-order chi connectivity index (χ1) is 13.4. The molecule has 1 aliphatic heterocycles. The van der Waals surface area contributed by atoms with Crippen molar-refractivity contribution < 1.29 is 13.2 Å². The quantitative estimate of drug-likeness (QED) is 0.772. The molecule has 6 nitrogen and oxygen atoms in total. The second-order valence-electron chi connectivity index (χ2n) is 6.99. The van der Waals surface area contributed by atoms with Gasteiger partial charge in [-0.3, -0.25) is 9.62 Å². The van der Waals surface area contributed by atoms with Crippen molar-refractivity contribution in [1.29, 1.82) is 0 Å². The van der Waals surface area contributed by atoms with Crippen LogP contribution in [0.5, 0.6) is 0 Å². The van der Waals surface area contributed by atoms with Crippen LogP contribution in [0.4, 0.5) is 16.2 Å². The van der Waals surface area contributed by atoms with Gasteiger partial charge >= 0.3 is 6.03 Å². The Hall–Kier alpha value is -2.54. The maximum atomic E-state index is 13.0. The number of carbonyl (C=O) groups is 1. The van der Waals surface area contributed by atoms with Crippen LogP contribution in [0.2, 0.25) is 0 Å². The molecule has 0 saturated carbocycles. The number of carbonyl (C=O) groups excluding carboxylic acids is 1. The number of hydrogen-bond donors (Lipinski definition) is 2. The number of nitrogens with one attached hydrogen (secondary N) is 2. The van der Waals surface area contributed by atoms with Gasteiger partial charge in [-0.05, 0) is 61.1 Å². The van der Waals surface area contributed by atoms with Crippen molar-refractivity contribution in [2.24, 2.45) is 0 Å². The molecule has 3 rings (SSSR count). The van der Waals surface area contributed by atoms with Gasteiger partial charge < -0.3 is 5.32 Å². The smallest absolute Gasteiger partial charge is 0.321 e. The zero-order chi connectivity index (χ0) is 20.3. The van der Waals surface area contributed by atoms with Crippen LogP contribution in [0, 0.1) is 6.92 Å². The minimum Gasteiger partial charge on any atom is -0.338 e. The number of urea groups is 1. The summed E-state index contributed by atoms with van der Waals surface area (Å²) in [6.07, 6.45) is 2.25. The average molecular weight is 402 g/mol. The maximum absolute atomic E-state index is 13.0. The number of rotatable bonds is 6. The summed E-state index contributed by atoms with van der Waals surface area (Å²) in [4.78, 5) is 14.2. The van der Waals surface area contributed by atoms with E-state index in [9.17, 15) is 13.2 Å². The molecule has 0 radical (unpaired) electrons. The second-order valence-corrected chi connectivity index (χ2v) is 8.67. The predicted octanol–water partition coefficient (Wildman–Crippen LogP) is 3.84. The van der Waals surface area contributed by atoms with Crippen LogP contribution in [0.25, 0.3) is 0 Å². The molecule has 0 spiro atoms. The van der Waals surface area contributed by atoms with Gasteiger partial charge in [0.2, 0.25) is 0 Å². The topological polar surface area (TPSA) is 78.5 Å². The summed E-state index contributed by atoms with van der Waals surface area (Å²) in [7, 11) is -3.71. The van der Waals surface area contributed by atoms with Crippen molar-refractivity contribution in [3.63, 3.8) is 0 Å². The summed E-state index contributed by atoms with van der Waals surface area (Å²) in [6, 6.07) is 10.6. The van der Waals surface area contributed by atoms with Crippen LogP contribution < -0.4 is 14.9 Å². The molecule has 1 aliphatic rings. The van der Waals surface area contributed by atoms with Crippen LogP contribution in [-0.2, 0) is 22.9 Å². The van der Waals surface area contributed by atoms with Gasteiger partial charge in [0.1, 0.15) is 0 Å². The molecule has 28 heavy (non-hydrogen) atoms. The van der Waals surface area contributed by atoms with Crippen molar-refractivity contribution in [1.82, 2.24) is 5.32 Å². The SMILES string of the molecule is CCCNC(=O)N1CCc2cc(S(=O)(=O)Nc3c(C)cccc3CC)ccc21. The number of para-hydroxylation sites is 1. The van der Waals surface area contributed by atoms with E-state index in [0.29, 0.717) is 25.2 Å². The largest absolute Gasteiger partial charge is 0.338 e. The van der Waals surface area contributed by atoms with Crippen LogP contribution in [0.1, 0.15) is 37.0 Å². The molecule has 0 atom stereocenters. The van der Waals surface area contributed by atoms with Crippen LogP contribution in [-0.4, -0.2) is 27.5 Å². The Morgan fingerprint density at radius 3 is 2.68 bits per heavy atom. The molecule has 2 aromatic rings. The number of fused-ring (bicyclic) bond motifs is 1. The lowest BCUT2D eigenvalue weighted by molar-refractivity contribution is 0.247. The Morgan fingerprint density at radius 2 is 1.96 bits per heavy atom. The van der Waals surface area contributed by atoms with Gasteiger partial charge in [0.05, 0.1) is 10.6 Å². The maximum Gasteiger partial charge on any atom is 0.321 e. The molecule has 7 heteroatoms. The molecule has 0 bridgehead atoms. The Labute approximate surface area is 167 Å². The first kappa shape index (κ1) is 20.2. The van der Waals surface area contributed by atoms with Gasteiger partial charge in [0, 0.05) is 18.8 Å². The lowest BCUT2D eigenvalue weighted by Crippen LogP contribution is -2.39. The van der Waals surface area contributed by atoms with Crippen molar-refractivity contribution >= 4 is 27.4 Å². The molecule has 0 fully saturated rings. The molecule has 150 valence electrons. The van der Waals surface area contributed by atoms with E-state index < -0.39 is 10.0 Å². The highest BCUT2D eigenvalue weighted by molar-refractivity contribution is 7.92. The van der Waals surface area contributed by atoms with Crippen molar-refractivity contribution in [2.45, 2.75) is 44.9 Å². The van der Waals surface area contributed by atoms with Gasteiger partial charge in [-0.1, -0.05) is 32.0 Å². The third kappa shape index (κ3) is 3.99. The Balaban J connectivity index is 1.87. The molecule has 0 aromatic heterocycles. The summed E-state index contributed by atoms with van der Waals surface area (Å²) in [5, 5.41) is 2.87. The zero-order valence-corrected chi connectivity index (χ0v) is 17.4. The van der Waals surface area contributed by atoms with Crippen LogP contribution >= 0.6 is 0 Å². The third-order valence-corrected chi connectivity index (χ3v) is 6.35. The second kappa shape index (κ2) is 8.22. The van der Waals surface area contributed by atoms with Crippen molar-refractivity contribution in [3.8, 4) is 0 Å². The molecule has 0 unspecified atom stereocenters. The monoisotopic (exact) mass is 401 g/mol. The van der Waals surface area contributed by atoms with Crippen molar-refractivity contribution in [3.05, 3.63) is 53.1 Å². The van der Waals surface area contributed by atoms with E-state index in [1.165, 1.54) is 0 Å². The number of aryl methyl sites for hydroxylation is 2. The van der Waals surface area contributed by atoms with Gasteiger partial charge in [-0.2, -0.15) is 0 Å². The number of anilines is 2. The molecular weight excluding hydrogens is 374 g/mol. The molecule has 0 aliphatic carbocycles.